The van der Waals surface area contributed by atoms with E-state index in [4.69, 9.17) is 0 Å². The molecule has 58 heavy (non-hydrogen) atoms. The van der Waals surface area contributed by atoms with Gasteiger partial charge in [-0.05, 0) is 0 Å². The van der Waals surface area contributed by atoms with Gasteiger partial charge in [0.15, 0.2) is 0 Å². The first-order valence-electron chi connectivity index (χ1n) is 22.7. The predicted octanol–water partition coefficient (Wildman–Crippen LogP) is 16.9. The Hall–Kier alpha value is -0.134. The van der Waals surface area contributed by atoms with Crippen LogP contribution in [0.5, 0.6) is 0 Å². The van der Waals surface area contributed by atoms with Crippen molar-refractivity contribution in [2.24, 2.45) is 0 Å². The minimum atomic E-state index is -3.29. The fourth-order valence-corrected chi connectivity index (χ4v) is 115. The van der Waals surface area contributed by atoms with Crippen LogP contribution < -0.4 is 10.6 Å². The number of rotatable bonds is 2. The first-order chi connectivity index (χ1) is 25.1. The average Bonchev–Trinajstić information content (AvgIpc) is 2.89. The van der Waals surface area contributed by atoms with Crippen LogP contribution in [0.25, 0.3) is 0 Å². The first kappa shape index (κ1) is 52.2. The summed E-state index contributed by atoms with van der Waals surface area (Å²) in [7, 11) is 3.13. The SMILES string of the molecule is CC(C)(C)c1cc(C(C)(C)C)c(P=[C]2[Ge]([C](C)(C)C)([C](C)(C)C)[C](=Pc3c(C(C)(C)C)cc(C(C)(C)C)cc3C(C)(C)C)[Ge]2([C](C)(C)C)[C](C)(C)C)c(C(C)(C)C)c1. The molecule has 0 spiro atoms. The van der Waals surface area contributed by atoms with E-state index in [2.05, 4.69) is 238 Å². The van der Waals surface area contributed by atoms with Crippen LogP contribution in [0.4, 0.5) is 0 Å². The molecule has 0 unspecified atom stereocenters. The fourth-order valence-electron chi connectivity index (χ4n) is 11.0. The van der Waals surface area contributed by atoms with E-state index in [1.165, 1.54) is 11.1 Å². The van der Waals surface area contributed by atoms with E-state index in [-0.39, 0.29) is 49.5 Å². The molecule has 0 radical (unpaired) electrons. The van der Waals surface area contributed by atoms with E-state index in [1.54, 1.807) is 49.3 Å². The Bertz CT molecular complexity index is 1670. The van der Waals surface area contributed by atoms with Crippen molar-refractivity contribution in [2.45, 2.75) is 257 Å². The van der Waals surface area contributed by atoms with Crippen molar-refractivity contribution >= 4 is 59.5 Å². The summed E-state index contributed by atoms with van der Waals surface area (Å²) < 4.78 is 4.94. The molecular weight excluding hydrogens is 856 g/mol. The minimum absolute atomic E-state index is 0.0228. The van der Waals surface area contributed by atoms with Gasteiger partial charge in [0.05, 0.1) is 0 Å². The molecule has 0 N–H and O–H groups in total. The molecule has 2 aromatic carbocycles. The number of hydrogen-bond acceptors (Lipinski definition) is 0. The molecule has 0 aliphatic carbocycles. The molecule has 328 valence electrons. The molecule has 0 bridgehead atoms. The van der Waals surface area contributed by atoms with Gasteiger partial charge in [-0.1, -0.05) is 0 Å². The second-order valence-corrected chi connectivity index (χ2v) is 62.0. The van der Waals surface area contributed by atoms with Crippen LogP contribution in [0, 0.1) is 0 Å². The molecule has 0 saturated carbocycles. The molecule has 0 atom stereocenters. The summed E-state index contributed by atoms with van der Waals surface area (Å²) in [5.74, 6) is 0. The van der Waals surface area contributed by atoms with Gasteiger partial charge in [-0.2, -0.15) is 0 Å². The van der Waals surface area contributed by atoms with Crippen molar-refractivity contribution in [1.29, 1.82) is 0 Å². The zero-order valence-electron chi connectivity index (χ0n) is 44.2. The van der Waals surface area contributed by atoms with E-state index in [1.807, 2.05) is 0 Å². The Morgan fingerprint density at radius 3 is 0.569 bits per heavy atom. The van der Waals surface area contributed by atoms with Gasteiger partial charge in [0.2, 0.25) is 0 Å². The van der Waals surface area contributed by atoms with Gasteiger partial charge in [-0.3, -0.25) is 0 Å². The van der Waals surface area contributed by atoms with Crippen molar-refractivity contribution in [3.8, 4) is 0 Å². The quantitative estimate of drug-likeness (QED) is 0.208. The summed E-state index contributed by atoms with van der Waals surface area (Å²) in [5, 5.41) is 3.29. The van der Waals surface area contributed by atoms with Crippen molar-refractivity contribution in [1.82, 2.24) is 0 Å². The third-order valence-electron chi connectivity index (χ3n) is 13.6. The van der Waals surface area contributed by atoms with Gasteiger partial charge in [0.1, 0.15) is 0 Å². The van der Waals surface area contributed by atoms with Gasteiger partial charge in [-0.15, -0.1) is 0 Å². The maximum absolute atomic E-state index is 3.29. The molecule has 1 aliphatic heterocycles. The van der Waals surface area contributed by atoms with Crippen LogP contribution >= 0.6 is 16.4 Å². The summed E-state index contributed by atoms with van der Waals surface area (Å²) in [4.78, 5) is 0. The summed E-state index contributed by atoms with van der Waals surface area (Å²) in [5.41, 5.74) is 9.50. The van der Waals surface area contributed by atoms with E-state index in [0.717, 1.165) is 0 Å². The third kappa shape index (κ3) is 9.11. The summed E-state index contributed by atoms with van der Waals surface area (Å²) in [6.45, 7) is 76.5. The Morgan fingerprint density at radius 1 is 0.276 bits per heavy atom. The van der Waals surface area contributed by atoms with Crippen LogP contribution in [0.3, 0.4) is 0 Å². The standard InChI is InChI=1S/C54H94Ge2P2/c1-45(2,3)35-31-37(47(7,8)9)41(38(32-35)48(10,11)12)57-43-55(51(19,20)21,52(22,23)24)44(56(43,53(25,26)27)54(28,29)30)58-42-39(49(13,14)15)33-36(46(4,5)6)34-40(42)50(16,17)18/h31-34H,1-30H3. The van der Waals surface area contributed by atoms with Gasteiger partial charge in [0, 0.05) is 0 Å². The molecule has 3 rings (SSSR count). The van der Waals surface area contributed by atoms with Crippen molar-refractivity contribution in [2.75, 3.05) is 0 Å². The van der Waals surface area contributed by atoms with E-state index < -0.39 is 26.5 Å². The zero-order chi connectivity index (χ0) is 46.0. The van der Waals surface area contributed by atoms with Crippen molar-refractivity contribution in [3.05, 3.63) is 57.6 Å². The zero-order valence-corrected chi connectivity index (χ0v) is 50.2. The van der Waals surface area contributed by atoms with Crippen LogP contribution in [0.2, 0.25) is 17.0 Å². The third-order valence-corrected chi connectivity index (χ3v) is 66.4. The fraction of sp³-hybridized carbons (Fsp3) is 0.741. The van der Waals surface area contributed by atoms with Crippen LogP contribution in [-0.2, 0) is 32.5 Å². The Balaban J connectivity index is 3.01. The van der Waals surface area contributed by atoms with Gasteiger partial charge < -0.3 is 0 Å². The molecule has 0 amide bonds. The molecule has 4 heteroatoms. The molecule has 0 nitrogen and oxygen atoms in total. The van der Waals surface area contributed by atoms with Crippen molar-refractivity contribution < 1.29 is 0 Å². The summed E-state index contributed by atoms with van der Waals surface area (Å²) in [6, 6.07) is 10.6. The van der Waals surface area contributed by atoms with E-state index in [9.17, 15) is 0 Å². The van der Waals surface area contributed by atoms with E-state index >= 15 is 0 Å². The second-order valence-electron chi connectivity index (χ2n) is 28.8. The number of benzene rings is 2. The molecule has 1 aliphatic rings. The molecule has 1 saturated heterocycles. The van der Waals surface area contributed by atoms with Crippen LogP contribution in [0.15, 0.2) is 24.3 Å². The Kier molecular flexibility index (Phi) is 13.7. The summed E-state index contributed by atoms with van der Waals surface area (Å²) in [6.07, 6.45) is 0. The molecule has 0 aromatic heterocycles. The topological polar surface area (TPSA) is 0 Å². The maximum atomic E-state index is 2.69. The van der Waals surface area contributed by atoms with E-state index in [0.29, 0.717) is 0 Å². The van der Waals surface area contributed by atoms with Crippen molar-refractivity contribution in [3.63, 3.8) is 0 Å². The Labute approximate surface area is 371 Å². The Morgan fingerprint density at radius 2 is 0.448 bits per heavy atom. The van der Waals surface area contributed by atoms with Gasteiger partial charge in [-0.25, -0.2) is 0 Å². The predicted molar refractivity (Wildman–Crippen MR) is 279 cm³/mol. The second kappa shape index (κ2) is 15.3. The molecule has 1 fully saturated rings. The molecule has 2 aromatic rings. The van der Waals surface area contributed by atoms with Gasteiger partial charge in [0.25, 0.3) is 0 Å². The monoisotopic (exact) mass is 953 g/mol. The molecular formula is C54H94Ge2P2. The van der Waals surface area contributed by atoms with Crippen LogP contribution in [-0.4, -0.2) is 32.4 Å². The summed E-state index contributed by atoms with van der Waals surface area (Å²) >= 11 is -6.58. The molecule has 1 heterocycles. The normalized spacial score (nSPS) is 18.0. The average molecular weight is 951 g/mol. The van der Waals surface area contributed by atoms with Crippen LogP contribution in [0.1, 0.15) is 241 Å². The first-order valence-corrected chi connectivity index (χ1v) is 32.9. The number of hydrogen-bond donors (Lipinski definition) is 0. The van der Waals surface area contributed by atoms with Gasteiger partial charge >= 0.3 is 374 Å².